The molecule has 0 aliphatic carbocycles. The van der Waals surface area contributed by atoms with E-state index >= 15 is 0 Å². The molecule has 126 valence electrons. The second-order valence-corrected chi connectivity index (χ2v) is 6.51. The molecule has 0 aromatic heterocycles. The zero-order valence-electron chi connectivity index (χ0n) is 14.1. The first kappa shape index (κ1) is 18.2. The molecule has 0 bridgehead atoms. The molecule has 0 saturated heterocycles. The highest BCUT2D eigenvalue weighted by atomic mass is 32.2. The van der Waals surface area contributed by atoms with Crippen LogP contribution in [-0.4, -0.2) is 17.5 Å². The van der Waals surface area contributed by atoms with E-state index in [-0.39, 0.29) is 6.10 Å². The fourth-order valence-electron chi connectivity index (χ4n) is 1.96. The first-order chi connectivity index (χ1) is 11.6. The molecule has 0 saturated carbocycles. The molecule has 0 unspecified atom stereocenters. The average molecular weight is 341 g/mol. The SMILES string of the molecule is CC(C)OCc1ccccc1C=NN=C(N)SCc1ccccc1. The van der Waals surface area contributed by atoms with Gasteiger partial charge < -0.3 is 10.5 Å². The van der Waals surface area contributed by atoms with Crippen LogP contribution in [0.5, 0.6) is 0 Å². The van der Waals surface area contributed by atoms with Crippen LogP contribution in [0.1, 0.15) is 30.5 Å². The Hall–Kier alpha value is -2.11. The predicted octanol–water partition coefficient (Wildman–Crippen LogP) is 4.19. The number of hydrogen-bond donors (Lipinski definition) is 1. The number of hydrogen-bond acceptors (Lipinski definition) is 4. The van der Waals surface area contributed by atoms with Crippen molar-refractivity contribution < 1.29 is 4.74 Å². The van der Waals surface area contributed by atoms with Gasteiger partial charge in [-0.15, -0.1) is 5.10 Å². The summed E-state index contributed by atoms with van der Waals surface area (Å²) in [7, 11) is 0. The van der Waals surface area contributed by atoms with Crippen LogP contribution in [0.15, 0.2) is 64.8 Å². The Morgan fingerprint density at radius 3 is 2.58 bits per heavy atom. The fraction of sp³-hybridized carbons (Fsp3) is 0.263. The van der Waals surface area contributed by atoms with Crippen LogP contribution in [0.2, 0.25) is 0 Å². The van der Waals surface area contributed by atoms with Crippen LogP contribution < -0.4 is 5.73 Å². The number of rotatable bonds is 7. The van der Waals surface area contributed by atoms with Crippen LogP contribution >= 0.6 is 11.8 Å². The Kier molecular flexibility index (Phi) is 7.52. The molecule has 0 atom stereocenters. The van der Waals surface area contributed by atoms with Gasteiger partial charge in [0.25, 0.3) is 0 Å². The molecule has 2 rings (SSSR count). The van der Waals surface area contributed by atoms with Crippen molar-refractivity contribution >= 4 is 23.1 Å². The van der Waals surface area contributed by atoms with Gasteiger partial charge in [-0.25, -0.2) is 0 Å². The molecule has 0 fully saturated rings. The Balaban J connectivity index is 1.92. The second kappa shape index (κ2) is 9.90. The van der Waals surface area contributed by atoms with Gasteiger partial charge in [-0.3, -0.25) is 0 Å². The van der Waals surface area contributed by atoms with Crippen molar-refractivity contribution in [2.45, 2.75) is 32.3 Å². The third kappa shape index (κ3) is 6.56. The van der Waals surface area contributed by atoms with Crippen LogP contribution in [0.25, 0.3) is 0 Å². The van der Waals surface area contributed by atoms with Crippen molar-refractivity contribution in [1.29, 1.82) is 0 Å². The number of ether oxygens (including phenoxy) is 1. The lowest BCUT2D eigenvalue weighted by atomic mass is 10.1. The average Bonchev–Trinajstić information content (AvgIpc) is 2.60. The molecule has 0 aliphatic rings. The summed E-state index contributed by atoms with van der Waals surface area (Å²) in [6.45, 7) is 4.60. The second-order valence-electron chi connectivity index (χ2n) is 5.52. The maximum Gasteiger partial charge on any atom is 0.180 e. The Labute approximate surface area is 147 Å². The molecule has 0 amide bonds. The molecule has 0 radical (unpaired) electrons. The van der Waals surface area contributed by atoms with Gasteiger partial charge in [-0.2, -0.15) is 5.10 Å². The largest absolute Gasteiger partial charge is 0.377 e. The third-order valence-electron chi connectivity index (χ3n) is 3.21. The number of nitrogens with two attached hydrogens (primary N) is 1. The topological polar surface area (TPSA) is 60.0 Å². The monoisotopic (exact) mass is 341 g/mol. The molecule has 2 aromatic carbocycles. The molecule has 0 heterocycles. The number of amidine groups is 1. The fourth-order valence-corrected chi connectivity index (χ4v) is 2.57. The summed E-state index contributed by atoms with van der Waals surface area (Å²) in [6, 6.07) is 18.1. The van der Waals surface area contributed by atoms with Gasteiger partial charge >= 0.3 is 0 Å². The molecular formula is C19H23N3OS. The summed E-state index contributed by atoms with van der Waals surface area (Å²) in [5.74, 6) is 0.782. The Morgan fingerprint density at radius 2 is 1.83 bits per heavy atom. The highest BCUT2D eigenvalue weighted by Gasteiger charge is 2.01. The highest BCUT2D eigenvalue weighted by Crippen LogP contribution is 2.12. The van der Waals surface area contributed by atoms with E-state index in [0.29, 0.717) is 11.8 Å². The minimum atomic E-state index is 0.193. The lowest BCUT2D eigenvalue weighted by Gasteiger charge is -2.09. The van der Waals surface area contributed by atoms with Crippen LogP contribution in [-0.2, 0) is 17.1 Å². The molecule has 0 aliphatic heterocycles. The molecule has 2 N–H and O–H groups in total. The number of nitrogens with zero attached hydrogens (tertiary/aromatic N) is 2. The van der Waals surface area contributed by atoms with Crippen molar-refractivity contribution in [3.63, 3.8) is 0 Å². The molecular weight excluding hydrogens is 318 g/mol. The van der Waals surface area contributed by atoms with Crippen LogP contribution in [0.4, 0.5) is 0 Å². The molecule has 0 spiro atoms. The molecule has 2 aromatic rings. The van der Waals surface area contributed by atoms with E-state index in [2.05, 4.69) is 22.3 Å². The molecule has 4 nitrogen and oxygen atoms in total. The van der Waals surface area contributed by atoms with E-state index in [1.54, 1.807) is 6.21 Å². The zero-order valence-corrected chi connectivity index (χ0v) is 14.9. The van der Waals surface area contributed by atoms with Gasteiger partial charge in [0.2, 0.25) is 0 Å². The van der Waals surface area contributed by atoms with E-state index in [1.807, 2.05) is 56.3 Å². The van der Waals surface area contributed by atoms with E-state index in [1.165, 1.54) is 17.3 Å². The standard InChI is InChI=1S/C19H23N3OS/c1-15(2)23-13-18-11-7-6-10-17(18)12-21-22-19(20)24-14-16-8-4-3-5-9-16/h3-12,15H,13-14H2,1-2H3,(H2,20,22). The van der Waals surface area contributed by atoms with E-state index in [4.69, 9.17) is 10.5 Å². The first-order valence-electron chi connectivity index (χ1n) is 7.88. The van der Waals surface area contributed by atoms with Crippen molar-refractivity contribution in [2.75, 3.05) is 0 Å². The lowest BCUT2D eigenvalue weighted by molar-refractivity contribution is 0.0656. The van der Waals surface area contributed by atoms with Gasteiger partial charge in [0.15, 0.2) is 5.17 Å². The van der Waals surface area contributed by atoms with Crippen molar-refractivity contribution in [3.8, 4) is 0 Å². The minimum Gasteiger partial charge on any atom is -0.377 e. The maximum absolute atomic E-state index is 5.90. The van der Waals surface area contributed by atoms with E-state index in [0.717, 1.165) is 16.9 Å². The van der Waals surface area contributed by atoms with Crippen LogP contribution in [0.3, 0.4) is 0 Å². The Morgan fingerprint density at radius 1 is 1.12 bits per heavy atom. The summed E-state index contributed by atoms with van der Waals surface area (Å²) in [5.41, 5.74) is 9.18. The van der Waals surface area contributed by atoms with E-state index < -0.39 is 0 Å². The summed E-state index contributed by atoms with van der Waals surface area (Å²) in [5, 5.41) is 8.61. The number of benzene rings is 2. The predicted molar refractivity (Wildman–Crippen MR) is 103 cm³/mol. The summed E-state index contributed by atoms with van der Waals surface area (Å²) in [4.78, 5) is 0. The van der Waals surface area contributed by atoms with Crippen molar-refractivity contribution in [1.82, 2.24) is 0 Å². The minimum absolute atomic E-state index is 0.193. The van der Waals surface area contributed by atoms with Gasteiger partial charge in [-0.05, 0) is 25.0 Å². The zero-order chi connectivity index (χ0) is 17.2. The van der Waals surface area contributed by atoms with E-state index in [9.17, 15) is 0 Å². The molecule has 5 heteroatoms. The molecule has 24 heavy (non-hydrogen) atoms. The maximum atomic E-state index is 5.90. The van der Waals surface area contributed by atoms with Crippen molar-refractivity contribution in [2.24, 2.45) is 15.9 Å². The third-order valence-corrected chi connectivity index (χ3v) is 4.07. The normalized spacial score (nSPS) is 12.2. The number of thioether (sulfide) groups is 1. The van der Waals surface area contributed by atoms with Gasteiger partial charge in [0.1, 0.15) is 0 Å². The van der Waals surface area contributed by atoms with Crippen LogP contribution in [0, 0.1) is 0 Å². The summed E-state index contributed by atoms with van der Waals surface area (Å²) < 4.78 is 5.66. The first-order valence-corrected chi connectivity index (χ1v) is 8.86. The van der Waals surface area contributed by atoms with Gasteiger partial charge in [0.05, 0.1) is 18.9 Å². The quantitative estimate of drug-likeness (QED) is 0.466. The summed E-state index contributed by atoms with van der Waals surface area (Å²) in [6.07, 6.45) is 1.91. The van der Waals surface area contributed by atoms with Gasteiger partial charge in [-0.1, -0.05) is 66.4 Å². The van der Waals surface area contributed by atoms with Crippen molar-refractivity contribution in [3.05, 3.63) is 71.3 Å². The van der Waals surface area contributed by atoms with Gasteiger partial charge in [0, 0.05) is 11.3 Å². The smallest absolute Gasteiger partial charge is 0.180 e. The highest BCUT2D eigenvalue weighted by molar-refractivity contribution is 8.13. The summed E-state index contributed by atoms with van der Waals surface area (Å²) >= 11 is 1.47. The Bertz CT molecular complexity index is 684. The lowest BCUT2D eigenvalue weighted by Crippen LogP contribution is -2.06.